The van der Waals surface area contributed by atoms with Crippen molar-refractivity contribution in [3.8, 4) is 0 Å². The van der Waals surface area contributed by atoms with Crippen molar-refractivity contribution in [2.75, 3.05) is 10.5 Å². The molecule has 3 N–H and O–H groups in total. The fourth-order valence-electron chi connectivity index (χ4n) is 3.11. The number of nitrogens with two attached hydrogens (primary N) is 1. The molecule has 9 nitrogen and oxygen atoms in total. The molecule has 0 aliphatic heterocycles. The summed E-state index contributed by atoms with van der Waals surface area (Å²) >= 11 is 0. The van der Waals surface area contributed by atoms with Crippen LogP contribution in [0, 0.1) is 6.92 Å². The first kappa shape index (κ1) is 19.5. The van der Waals surface area contributed by atoms with E-state index >= 15 is 0 Å². The first-order valence-corrected chi connectivity index (χ1v) is 10.4. The predicted molar refractivity (Wildman–Crippen MR) is 113 cm³/mol. The fourth-order valence-corrected chi connectivity index (χ4v) is 4.15. The summed E-state index contributed by atoms with van der Waals surface area (Å²) in [5, 5.41) is 0.440. The van der Waals surface area contributed by atoms with Crippen molar-refractivity contribution in [2.45, 2.75) is 11.8 Å². The number of hydrogen-bond acceptors (Lipinski definition) is 7. The number of pyridine rings is 1. The largest absolute Gasteiger partial charge is 0.383 e. The van der Waals surface area contributed by atoms with Gasteiger partial charge in [-0.25, -0.2) is 18.4 Å². The number of anilines is 2. The van der Waals surface area contributed by atoms with E-state index in [1.165, 1.54) is 36.9 Å². The molecule has 0 aliphatic carbocycles. The van der Waals surface area contributed by atoms with Gasteiger partial charge in [0, 0.05) is 25.0 Å². The minimum Gasteiger partial charge on any atom is -0.383 e. The number of nitrogen functional groups attached to an aromatic ring is 1. The number of ketones is 1. The summed E-state index contributed by atoms with van der Waals surface area (Å²) in [6.07, 6.45) is 5.64. The Hall–Kier alpha value is -3.79. The number of sulfonamides is 1. The molecule has 0 aliphatic rings. The summed E-state index contributed by atoms with van der Waals surface area (Å²) in [6.45, 7) is 1.87. The molecule has 0 saturated carbocycles. The van der Waals surface area contributed by atoms with Crippen LogP contribution in [0.1, 0.15) is 21.5 Å². The molecule has 0 amide bonds. The van der Waals surface area contributed by atoms with E-state index in [0.29, 0.717) is 16.6 Å². The Labute approximate surface area is 172 Å². The number of hydrogen-bond donors (Lipinski definition) is 2. The van der Waals surface area contributed by atoms with E-state index in [2.05, 4.69) is 19.7 Å². The third-order valence-electron chi connectivity index (χ3n) is 4.61. The fraction of sp³-hybridized carbons (Fsp3) is 0.100. The molecular weight excluding hydrogens is 404 g/mol. The average molecular weight is 422 g/mol. The van der Waals surface area contributed by atoms with Crippen LogP contribution < -0.4 is 10.5 Å². The minimum atomic E-state index is -3.82. The lowest BCUT2D eigenvalue weighted by molar-refractivity contribution is 0.103. The van der Waals surface area contributed by atoms with Crippen LogP contribution in [0.3, 0.4) is 0 Å². The van der Waals surface area contributed by atoms with E-state index in [1.54, 1.807) is 29.9 Å². The monoisotopic (exact) mass is 422 g/mol. The minimum absolute atomic E-state index is 0.115. The summed E-state index contributed by atoms with van der Waals surface area (Å²) in [4.78, 5) is 25.4. The van der Waals surface area contributed by atoms with E-state index in [-0.39, 0.29) is 27.7 Å². The lowest BCUT2D eigenvalue weighted by Crippen LogP contribution is -2.14. The molecule has 0 saturated heterocycles. The van der Waals surface area contributed by atoms with Gasteiger partial charge in [-0.2, -0.15) is 0 Å². The first-order chi connectivity index (χ1) is 14.3. The van der Waals surface area contributed by atoms with Gasteiger partial charge in [-0.3, -0.25) is 14.5 Å². The molecule has 0 radical (unpaired) electrons. The molecule has 0 spiro atoms. The summed E-state index contributed by atoms with van der Waals surface area (Å²) in [5.74, 6) is -0.181. The molecule has 4 rings (SSSR count). The molecular formula is C20H18N6O3S. The van der Waals surface area contributed by atoms with Crippen molar-refractivity contribution in [1.29, 1.82) is 0 Å². The SMILES string of the molecule is Cc1ccc(S(=O)(=O)Nc2cncc(C(=O)c3cn(C)c4ncnc(N)c34)c2)cc1. The Bertz CT molecular complexity index is 1380. The van der Waals surface area contributed by atoms with E-state index in [1.807, 2.05) is 6.92 Å². The number of nitrogens with zero attached hydrogens (tertiary/aromatic N) is 4. The van der Waals surface area contributed by atoms with Crippen LogP contribution in [0.4, 0.5) is 11.5 Å². The first-order valence-electron chi connectivity index (χ1n) is 8.91. The Morgan fingerprint density at radius 3 is 2.60 bits per heavy atom. The van der Waals surface area contributed by atoms with E-state index in [9.17, 15) is 13.2 Å². The highest BCUT2D eigenvalue weighted by Crippen LogP contribution is 2.26. The zero-order chi connectivity index (χ0) is 21.5. The van der Waals surface area contributed by atoms with Crippen molar-refractivity contribution in [1.82, 2.24) is 19.5 Å². The Morgan fingerprint density at radius 1 is 1.13 bits per heavy atom. The summed E-state index contributed by atoms with van der Waals surface area (Å²) in [5.41, 5.74) is 8.11. The van der Waals surface area contributed by atoms with Gasteiger partial charge >= 0.3 is 0 Å². The van der Waals surface area contributed by atoms with Crippen LogP contribution in [0.15, 0.2) is 60.1 Å². The van der Waals surface area contributed by atoms with Gasteiger partial charge in [0.05, 0.1) is 27.7 Å². The zero-order valence-electron chi connectivity index (χ0n) is 16.2. The maximum Gasteiger partial charge on any atom is 0.261 e. The lowest BCUT2D eigenvalue weighted by atomic mass is 10.1. The molecule has 0 unspecified atom stereocenters. The molecule has 0 atom stereocenters. The highest BCUT2D eigenvalue weighted by Gasteiger charge is 2.21. The molecule has 3 heterocycles. The topological polar surface area (TPSA) is 133 Å². The number of carbonyl (C=O) groups is 1. The van der Waals surface area contributed by atoms with Crippen molar-refractivity contribution in [2.24, 2.45) is 7.05 Å². The number of aromatic nitrogens is 4. The summed E-state index contributed by atoms with van der Waals surface area (Å²) < 4.78 is 29.4. The second-order valence-electron chi connectivity index (χ2n) is 6.82. The quantitative estimate of drug-likeness (QED) is 0.471. The lowest BCUT2D eigenvalue weighted by Gasteiger charge is -2.09. The molecule has 10 heteroatoms. The Balaban J connectivity index is 1.69. The summed E-state index contributed by atoms with van der Waals surface area (Å²) in [6, 6.07) is 7.87. The van der Waals surface area contributed by atoms with Crippen LogP contribution in [0.2, 0.25) is 0 Å². The predicted octanol–water partition coefficient (Wildman–Crippen LogP) is 2.29. The molecule has 1 aromatic carbocycles. The number of rotatable bonds is 5. The van der Waals surface area contributed by atoms with Gasteiger partial charge in [-0.1, -0.05) is 17.7 Å². The van der Waals surface area contributed by atoms with Crippen molar-refractivity contribution in [3.63, 3.8) is 0 Å². The molecule has 152 valence electrons. The second kappa shape index (κ2) is 7.23. The van der Waals surface area contributed by atoms with Crippen LogP contribution in [-0.2, 0) is 17.1 Å². The van der Waals surface area contributed by atoms with Crippen molar-refractivity contribution in [3.05, 3.63) is 71.9 Å². The molecule has 3 aromatic heterocycles. The van der Waals surface area contributed by atoms with Crippen LogP contribution >= 0.6 is 0 Å². The van der Waals surface area contributed by atoms with E-state index in [4.69, 9.17) is 5.73 Å². The van der Waals surface area contributed by atoms with Crippen molar-refractivity contribution < 1.29 is 13.2 Å². The highest BCUT2D eigenvalue weighted by molar-refractivity contribution is 7.92. The Kier molecular flexibility index (Phi) is 4.70. The third kappa shape index (κ3) is 3.48. The Morgan fingerprint density at radius 2 is 1.87 bits per heavy atom. The number of aryl methyl sites for hydroxylation is 2. The van der Waals surface area contributed by atoms with Gasteiger partial charge in [0.2, 0.25) is 0 Å². The molecule has 4 aromatic rings. The number of nitrogens with one attached hydrogen (secondary N) is 1. The van der Waals surface area contributed by atoms with Gasteiger partial charge in [0.25, 0.3) is 10.0 Å². The van der Waals surface area contributed by atoms with Crippen LogP contribution in [0.25, 0.3) is 11.0 Å². The average Bonchev–Trinajstić information content (AvgIpc) is 3.05. The van der Waals surface area contributed by atoms with Crippen molar-refractivity contribution >= 4 is 38.3 Å². The standard InChI is InChI=1S/C20H18N6O3S/c1-12-3-5-15(6-4-12)30(28,29)25-14-7-13(8-22-9-14)18(27)16-10-26(2)20-17(16)19(21)23-11-24-20/h3-11,25H,1-2H3,(H2,21,23,24). The maximum atomic E-state index is 13.1. The number of carbonyl (C=O) groups excluding carboxylic acids is 1. The number of fused-ring (bicyclic) bond motifs is 1. The van der Waals surface area contributed by atoms with E-state index in [0.717, 1.165) is 5.56 Å². The van der Waals surface area contributed by atoms with Crippen LogP contribution in [-0.4, -0.2) is 33.7 Å². The number of benzene rings is 1. The molecule has 0 fully saturated rings. The van der Waals surface area contributed by atoms with Gasteiger partial charge < -0.3 is 10.3 Å². The summed E-state index contributed by atoms with van der Waals surface area (Å²) in [7, 11) is -2.07. The van der Waals surface area contributed by atoms with Gasteiger partial charge in [0.15, 0.2) is 5.78 Å². The smallest absolute Gasteiger partial charge is 0.261 e. The normalized spacial score (nSPS) is 11.5. The van der Waals surface area contributed by atoms with Crippen LogP contribution in [0.5, 0.6) is 0 Å². The van der Waals surface area contributed by atoms with Gasteiger partial charge in [-0.05, 0) is 25.1 Å². The van der Waals surface area contributed by atoms with Gasteiger partial charge in [-0.15, -0.1) is 0 Å². The van der Waals surface area contributed by atoms with E-state index < -0.39 is 10.0 Å². The second-order valence-corrected chi connectivity index (χ2v) is 8.50. The molecule has 30 heavy (non-hydrogen) atoms. The zero-order valence-corrected chi connectivity index (χ0v) is 17.0. The van der Waals surface area contributed by atoms with Gasteiger partial charge in [0.1, 0.15) is 17.8 Å². The molecule has 0 bridgehead atoms. The maximum absolute atomic E-state index is 13.1. The third-order valence-corrected chi connectivity index (χ3v) is 6.01. The highest BCUT2D eigenvalue weighted by atomic mass is 32.2.